The topological polar surface area (TPSA) is 39.4 Å². The highest BCUT2D eigenvalue weighted by atomic mass is 35.5. The first-order valence-electron chi connectivity index (χ1n) is 5.66. The SMILES string of the molecule is COC(=O)c1oc2cccc(Cl)c2c1[Si](C)(C)C. The molecule has 96 valence electrons. The largest absolute Gasteiger partial charge is 0.463 e. The zero-order valence-corrected chi connectivity index (χ0v) is 12.6. The molecule has 0 bridgehead atoms. The van der Waals surface area contributed by atoms with Crippen molar-refractivity contribution < 1.29 is 13.9 Å². The fraction of sp³-hybridized carbons (Fsp3) is 0.308. The third-order valence-corrected chi connectivity index (χ3v) is 5.08. The van der Waals surface area contributed by atoms with Crippen molar-refractivity contribution in [3.05, 3.63) is 29.0 Å². The van der Waals surface area contributed by atoms with Gasteiger partial charge in [0.05, 0.1) is 20.2 Å². The molecule has 0 N–H and O–H groups in total. The van der Waals surface area contributed by atoms with Gasteiger partial charge in [0.1, 0.15) is 5.58 Å². The van der Waals surface area contributed by atoms with Crippen molar-refractivity contribution in [3.8, 4) is 0 Å². The number of ether oxygens (including phenoxy) is 1. The highest BCUT2D eigenvalue weighted by molar-refractivity contribution is 6.91. The highest BCUT2D eigenvalue weighted by Gasteiger charge is 2.31. The summed E-state index contributed by atoms with van der Waals surface area (Å²) in [4.78, 5) is 11.8. The van der Waals surface area contributed by atoms with Crippen molar-refractivity contribution in [2.24, 2.45) is 0 Å². The van der Waals surface area contributed by atoms with E-state index >= 15 is 0 Å². The van der Waals surface area contributed by atoms with Crippen molar-refractivity contribution in [2.45, 2.75) is 19.6 Å². The maximum Gasteiger partial charge on any atom is 0.373 e. The molecular formula is C13H15ClO3Si. The van der Waals surface area contributed by atoms with E-state index in [0.717, 1.165) is 10.6 Å². The van der Waals surface area contributed by atoms with Crippen LogP contribution < -0.4 is 5.19 Å². The smallest absolute Gasteiger partial charge is 0.373 e. The fourth-order valence-electron chi connectivity index (χ4n) is 2.06. The number of hydrogen-bond acceptors (Lipinski definition) is 3. The lowest BCUT2D eigenvalue weighted by Gasteiger charge is -2.16. The summed E-state index contributed by atoms with van der Waals surface area (Å²) in [5, 5.41) is 2.39. The molecule has 0 aliphatic carbocycles. The molecule has 0 saturated carbocycles. The highest BCUT2D eigenvalue weighted by Crippen LogP contribution is 2.28. The van der Waals surface area contributed by atoms with E-state index in [1.807, 2.05) is 18.2 Å². The number of methoxy groups -OCH3 is 1. The van der Waals surface area contributed by atoms with Crippen LogP contribution in [0.15, 0.2) is 22.6 Å². The number of furan rings is 1. The van der Waals surface area contributed by atoms with Crippen molar-refractivity contribution in [3.63, 3.8) is 0 Å². The molecule has 2 rings (SSSR count). The van der Waals surface area contributed by atoms with Crippen molar-refractivity contribution in [1.82, 2.24) is 0 Å². The molecule has 0 atom stereocenters. The van der Waals surface area contributed by atoms with Gasteiger partial charge in [-0.2, -0.15) is 0 Å². The molecule has 3 nitrogen and oxygen atoms in total. The Kier molecular flexibility index (Phi) is 3.25. The summed E-state index contributed by atoms with van der Waals surface area (Å²) in [5.74, 6) is -0.153. The van der Waals surface area contributed by atoms with Gasteiger partial charge in [-0.3, -0.25) is 0 Å². The van der Waals surface area contributed by atoms with Crippen LogP contribution in [0.5, 0.6) is 0 Å². The van der Waals surface area contributed by atoms with Gasteiger partial charge in [-0.15, -0.1) is 0 Å². The molecule has 0 spiro atoms. The standard InChI is InChI=1S/C13H15ClO3Si/c1-16-13(15)11-12(18(2,3)4)10-8(14)6-5-7-9(10)17-11/h5-7H,1-4H3. The lowest BCUT2D eigenvalue weighted by molar-refractivity contribution is 0.0569. The Balaban J connectivity index is 2.87. The second kappa shape index (κ2) is 4.44. The van der Waals surface area contributed by atoms with Gasteiger partial charge in [0.2, 0.25) is 5.76 Å². The zero-order chi connectivity index (χ0) is 13.5. The average molecular weight is 283 g/mol. The Morgan fingerprint density at radius 3 is 2.56 bits per heavy atom. The molecule has 1 aromatic carbocycles. The van der Waals surface area contributed by atoms with Crippen LogP contribution in [0.2, 0.25) is 24.7 Å². The first kappa shape index (κ1) is 13.2. The Labute approximate surface area is 112 Å². The van der Waals surface area contributed by atoms with Gasteiger partial charge < -0.3 is 9.15 Å². The molecular weight excluding hydrogens is 268 g/mol. The van der Waals surface area contributed by atoms with E-state index in [4.69, 9.17) is 20.8 Å². The number of carbonyl (C=O) groups excluding carboxylic acids is 1. The van der Waals surface area contributed by atoms with Gasteiger partial charge in [-0.25, -0.2) is 4.79 Å². The van der Waals surface area contributed by atoms with Crippen molar-refractivity contribution in [1.29, 1.82) is 0 Å². The normalized spacial score (nSPS) is 11.8. The summed E-state index contributed by atoms with van der Waals surface area (Å²) in [5.41, 5.74) is 0.639. The third-order valence-electron chi connectivity index (χ3n) is 2.79. The van der Waals surface area contributed by atoms with Crippen molar-refractivity contribution in [2.75, 3.05) is 7.11 Å². The van der Waals surface area contributed by atoms with Crippen LogP contribution in [-0.4, -0.2) is 21.2 Å². The molecule has 0 fully saturated rings. The summed E-state index contributed by atoms with van der Waals surface area (Å²) in [6.07, 6.45) is 0. The summed E-state index contributed by atoms with van der Waals surface area (Å²) in [6.45, 7) is 6.44. The first-order valence-corrected chi connectivity index (χ1v) is 9.54. The molecule has 2 aromatic rings. The van der Waals surface area contributed by atoms with Crippen LogP contribution in [0.25, 0.3) is 11.0 Å². The third kappa shape index (κ3) is 2.06. The van der Waals surface area contributed by atoms with Gasteiger partial charge in [0, 0.05) is 10.6 Å². The van der Waals surface area contributed by atoms with E-state index in [-0.39, 0.29) is 0 Å². The number of carbonyl (C=O) groups is 1. The predicted molar refractivity (Wildman–Crippen MR) is 75.5 cm³/mol. The minimum absolute atomic E-state index is 0.291. The van der Waals surface area contributed by atoms with Gasteiger partial charge in [-0.1, -0.05) is 37.3 Å². The van der Waals surface area contributed by atoms with Crippen LogP contribution in [0, 0.1) is 0 Å². The number of halogens is 1. The Hall–Kier alpha value is -1.26. The lowest BCUT2D eigenvalue weighted by atomic mass is 10.2. The summed E-state index contributed by atoms with van der Waals surface area (Å²) < 4.78 is 10.4. The second-order valence-electron chi connectivity index (χ2n) is 5.16. The average Bonchev–Trinajstić information content (AvgIpc) is 2.68. The van der Waals surface area contributed by atoms with Gasteiger partial charge in [-0.05, 0) is 12.1 Å². The second-order valence-corrected chi connectivity index (χ2v) is 10.6. The van der Waals surface area contributed by atoms with E-state index in [0.29, 0.717) is 16.4 Å². The van der Waals surface area contributed by atoms with Gasteiger partial charge in [0.25, 0.3) is 0 Å². The van der Waals surface area contributed by atoms with Crippen LogP contribution in [0.4, 0.5) is 0 Å². The fourth-order valence-corrected chi connectivity index (χ4v) is 4.24. The number of fused-ring (bicyclic) bond motifs is 1. The van der Waals surface area contributed by atoms with E-state index in [9.17, 15) is 4.79 Å². The molecule has 0 amide bonds. The van der Waals surface area contributed by atoms with Crippen LogP contribution in [0.1, 0.15) is 10.6 Å². The maximum atomic E-state index is 11.8. The minimum Gasteiger partial charge on any atom is -0.463 e. The molecule has 0 saturated heterocycles. The molecule has 1 heterocycles. The van der Waals surface area contributed by atoms with Gasteiger partial charge >= 0.3 is 5.97 Å². The molecule has 1 aromatic heterocycles. The monoisotopic (exact) mass is 282 g/mol. The predicted octanol–water partition coefficient (Wildman–Crippen LogP) is 3.42. The van der Waals surface area contributed by atoms with Crippen LogP contribution >= 0.6 is 11.6 Å². The van der Waals surface area contributed by atoms with Crippen LogP contribution in [-0.2, 0) is 4.74 Å². The lowest BCUT2D eigenvalue weighted by Crippen LogP contribution is -2.40. The summed E-state index contributed by atoms with van der Waals surface area (Å²) in [6, 6.07) is 5.44. The molecule has 0 aliphatic rings. The number of esters is 1. The van der Waals surface area contributed by atoms with E-state index in [2.05, 4.69) is 19.6 Å². The Morgan fingerprint density at radius 1 is 1.33 bits per heavy atom. The Bertz CT molecular complexity index is 610. The van der Waals surface area contributed by atoms with E-state index < -0.39 is 14.0 Å². The number of benzene rings is 1. The van der Waals surface area contributed by atoms with Gasteiger partial charge in [0.15, 0.2) is 0 Å². The Morgan fingerprint density at radius 2 is 2.00 bits per heavy atom. The van der Waals surface area contributed by atoms with Crippen molar-refractivity contribution >= 4 is 41.8 Å². The minimum atomic E-state index is -1.78. The molecule has 5 heteroatoms. The number of rotatable bonds is 2. The summed E-state index contributed by atoms with van der Waals surface area (Å²) in [7, 11) is -0.427. The van der Waals surface area contributed by atoms with E-state index in [1.165, 1.54) is 7.11 Å². The molecule has 0 radical (unpaired) electrons. The molecule has 18 heavy (non-hydrogen) atoms. The van der Waals surface area contributed by atoms with Crippen LogP contribution in [0.3, 0.4) is 0 Å². The first-order chi connectivity index (χ1) is 8.36. The molecule has 0 aliphatic heterocycles. The summed E-state index contributed by atoms with van der Waals surface area (Å²) >= 11 is 6.24. The number of hydrogen-bond donors (Lipinski definition) is 0. The maximum absolute atomic E-state index is 11.8. The zero-order valence-electron chi connectivity index (χ0n) is 10.8. The quantitative estimate of drug-likeness (QED) is 0.626. The van der Waals surface area contributed by atoms with E-state index in [1.54, 1.807) is 0 Å². The molecule has 0 unspecified atom stereocenters.